The van der Waals surface area contributed by atoms with Gasteiger partial charge in [0, 0.05) is 17.6 Å². The van der Waals surface area contributed by atoms with Crippen LogP contribution in [0.15, 0.2) is 48.5 Å². The van der Waals surface area contributed by atoms with Crippen molar-refractivity contribution in [2.75, 3.05) is 6.61 Å². The van der Waals surface area contributed by atoms with E-state index in [0.29, 0.717) is 17.3 Å². The third-order valence-electron chi connectivity index (χ3n) is 5.56. The van der Waals surface area contributed by atoms with E-state index in [1.165, 1.54) is 0 Å². The molecular weight excluding hydrogens is 400 g/mol. The maximum absolute atomic E-state index is 13.1. The van der Waals surface area contributed by atoms with Gasteiger partial charge < -0.3 is 15.0 Å². The van der Waals surface area contributed by atoms with Gasteiger partial charge in [0.25, 0.3) is 5.91 Å². The number of hydrogen-bond donors (Lipinski definition) is 1. The number of aryl methyl sites for hydroxylation is 1. The second-order valence-electron chi connectivity index (χ2n) is 7.87. The number of rotatable bonds is 8. The molecule has 0 aromatic heterocycles. The number of benzene rings is 2. The summed E-state index contributed by atoms with van der Waals surface area (Å²) in [6, 6.07) is 14.6. The Morgan fingerprint density at radius 1 is 1.17 bits per heavy atom. The van der Waals surface area contributed by atoms with Gasteiger partial charge in [-0.25, -0.2) is 0 Å². The summed E-state index contributed by atoms with van der Waals surface area (Å²) < 4.78 is 5.70. The molecule has 1 aliphatic rings. The van der Waals surface area contributed by atoms with Crippen LogP contribution >= 0.6 is 11.6 Å². The zero-order valence-corrected chi connectivity index (χ0v) is 18.3. The molecule has 2 aromatic carbocycles. The molecule has 5 nitrogen and oxygen atoms in total. The predicted octanol–water partition coefficient (Wildman–Crippen LogP) is 4.50. The zero-order valence-electron chi connectivity index (χ0n) is 17.6. The number of nitrogens with one attached hydrogen (secondary N) is 1. The van der Waals surface area contributed by atoms with Gasteiger partial charge in [0.15, 0.2) is 6.61 Å². The summed E-state index contributed by atoms with van der Waals surface area (Å²) in [5.41, 5.74) is 1.85. The van der Waals surface area contributed by atoms with Gasteiger partial charge in [0.2, 0.25) is 5.91 Å². The molecule has 1 atom stereocenters. The second kappa shape index (κ2) is 10.5. The third-order valence-corrected chi connectivity index (χ3v) is 5.98. The Morgan fingerprint density at radius 3 is 2.53 bits per heavy atom. The Labute approximate surface area is 183 Å². The van der Waals surface area contributed by atoms with E-state index in [1.54, 1.807) is 30.0 Å². The lowest BCUT2D eigenvalue weighted by molar-refractivity contribution is -0.142. The first-order valence-corrected chi connectivity index (χ1v) is 10.8. The summed E-state index contributed by atoms with van der Waals surface area (Å²) in [4.78, 5) is 27.5. The molecule has 0 heterocycles. The van der Waals surface area contributed by atoms with Gasteiger partial charge >= 0.3 is 0 Å². The van der Waals surface area contributed by atoms with E-state index in [1.807, 2.05) is 37.3 Å². The van der Waals surface area contributed by atoms with E-state index < -0.39 is 6.04 Å². The van der Waals surface area contributed by atoms with Crippen molar-refractivity contribution >= 4 is 23.4 Å². The molecule has 2 amide bonds. The highest BCUT2D eigenvalue weighted by molar-refractivity contribution is 6.31. The standard InChI is InChI=1S/C24H29ClN2O3/c1-17-14-21(12-13-22(17)25)30-16-23(28)27(15-19-8-4-3-5-9-19)18(2)24(29)26-20-10-6-7-11-20/h3-5,8-9,12-14,18,20H,6-7,10-11,15-16H2,1-2H3,(H,26,29). The number of carbonyl (C=O) groups excluding carboxylic acids is 2. The van der Waals surface area contributed by atoms with E-state index in [9.17, 15) is 9.59 Å². The minimum Gasteiger partial charge on any atom is -0.484 e. The number of carbonyl (C=O) groups is 2. The monoisotopic (exact) mass is 428 g/mol. The van der Waals surface area contributed by atoms with E-state index in [-0.39, 0.29) is 24.5 Å². The SMILES string of the molecule is Cc1cc(OCC(=O)N(Cc2ccccc2)C(C)C(=O)NC2CCCC2)ccc1Cl. The number of nitrogens with zero attached hydrogens (tertiary/aromatic N) is 1. The molecule has 30 heavy (non-hydrogen) atoms. The first-order chi connectivity index (χ1) is 14.4. The van der Waals surface area contributed by atoms with Crippen LogP contribution < -0.4 is 10.1 Å². The van der Waals surface area contributed by atoms with Crippen LogP contribution in [0.3, 0.4) is 0 Å². The van der Waals surface area contributed by atoms with Gasteiger partial charge in [-0.05, 0) is 56.0 Å². The predicted molar refractivity (Wildman–Crippen MR) is 119 cm³/mol. The van der Waals surface area contributed by atoms with Crippen LogP contribution in [-0.2, 0) is 16.1 Å². The molecule has 1 unspecified atom stereocenters. The first-order valence-electron chi connectivity index (χ1n) is 10.5. The van der Waals surface area contributed by atoms with Crippen molar-refractivity contribution in [1.82, 2.24) is 10.2 Å². The molecule has 1 N–H and O–H groups in total. The minimum absolute atomic E-state index is 0.117. The maximum atomic E-state index is 13.1. The highest BCUT2D eigenvalue weighted by atomic mass is 35.5. The molecule has 0 spiro atoms. The lowest BCUT2D eigenvalue weighted by atomic mass is 10.1. The van der Waals surface area contributed by atoms with Crippen molar-refractivity contribution in [3.8, 4) is 5.75 Å². The van der Waals surface area contributed by atoms with Crippen molar-refractivity contribution in [2.24, 2.45) is 0 Å². The van der Waals surface area contributed by atoms with Crippen LogP contribution in [0.25, 0.3) is 0 Å². The average Bonchev–Trinajstić information content (AvgIpc) is 3.26. The summed E-state index contributed by atoms with van der Waals surface area (Å²) in [7, 11) is 0. The summed E-state index contributed by atoms with van der Waals surface area (Å²) in [5.74, 6) is 0.224. The fraction of sp³-hybridized carbons (Fsp3) is 0.417. The largest absolute Gasteiger partial charge is 0.484 e. The maximum Gasteiger partial charge on any atom is 0.261 e. The molecule has 1 saturated carbocycles. The molecule has 1 fully saturated rings. The van der Waals surface area contributed by atoms with Crippen LogP contribution in [0, 0.1) is 6.92 Å². The number of ether oxygens (including phenoxy) is 1. The number of halogens is 1. The lowest BCUT2D eigenvalue weighted by Crippen LogP contribution is -2.50. The Kier molecular flexibility index (Phi) is 7.75. The molecular formula is C24H29ClN2O3. The molecule has 1 aliphatic carbocycles. The highest BCUT2D eigenvalue weighted by Gasteiger charge is 2.28. The fourth-order valence-corrected chi connectivity index (χ4v) is 3.81. The first kappa shape index (κ1) is 22.2. The summed E-state index contributed by atoms with van der Waals surface area (Å²) in [6.45, 7) is 3.86. The zero-order chi connectivity index (χ0) is 21.5. The molecule has 0 saturated heterocycles. The highest BCUT2D eigenvalue weighted by Crippen LogP contribution is 2.22. The van der Waals surface area contributed by atoms with Gasteiger partial charge in [0.1, 0.15) is 11.8 Å². The molecule has 2 aromatic rings. The van der Waals surface area contributed by atoms with Crippen LogP contribution in [0.4, 0.5) is 0 Å². The fourth-order valence-electron chi connectivity index (χ4n) is 3.69. The third kappa shape index (κ3) is 5.99. The summed E-state index contributed by atoms with van der Waals surface area (Å²) in [5, 5.41) is 3.75. The Bertz CT molecular complexity index is 866. The Balaban J connectivity index is 1.69. The van der Waals surface area contributed by atoms with Crippen molar-refractivity contribution in [3.63, 3.8) is 0 Å². The molecule has 0 bridgehead atoms. The number of hydrogen-bond acceptors (Lipinski definition) is 3. The quantitative estimate of drug-likeness (QED) is 0.673. The van der Waals surface area contributed by atoms with Crippen LogP contribution in [0.5, 0.6) is 5.75 Å². The van der Waals surface area contributed by atoms with Crippen molar-refractivity contribution in [2.45, 2.75) is 58.2 Å². The smallest absolute Gasteiger partial charge is 0.261 e. The number of amides is 2. The van der Waals surface area contributed by atoms with Crippen LogP contribution in [-0.4, -0.2) is 35.4 Å². The van der Waals surface area contributed by atoms with Gasteiger partial charge in [-0.1, -0.05) is 54.8 Å². The van der Waals surface area contributed by atoms with Crippen molar-refractivity contribution in [1.29, 1.82) is 0 Å². The average molecular weight is 429 g/mol. The molecule has 6 heteroatoms. The van der Waals surface area contributed by atoms with Crippen molar-refractivity contribution in [3.05, 3.63) is 64.7 Å². The Morgan fingerprint density at radius 2 is 1.87 bits per heavy atom. The van der Waals surface area contributed by atoms with Gasteiger partial charge in [-0.2, -0.15) is 0 Å². The van der Waals surface area contributed by atoms with Crippen LogP contribution in [0.1, 0.15) is 43.7 Å². The van der Waals surface area contributed by atoms with E-state index in [2.05, 4.69) is 5.32 Å². The minimum atomic E-state index is -0.589. The van der Waals surface area contributed by atoms with Gasteiger partial charge in [-0.3, -0.25) is 9.59 Å². The molecule has 0 radical (unpaired) electrons. The van der Waals surface area contributed by atoms with Crippen LogP contribution in [0.2, 0.25) is 5.02 Å². The molecule has 160 valence electrons. The normalized spacial score (nSPS) is 14.9. The summed E-state index contributed by atoms with van der Waals surface area (Å²) in [6.07, 6.45) is 4.29. The second-order valence-corrected chi connectivity index (χ2v) is 8.28. The summed E-state index contributed by atoms with van der Waals surface area (Å²) >= 11 is 6.06. The lowest BCUT2D eigenvalue weighted by Gasteiger charge is -2.29. The Hall–Kier alpha value is -2.53. The molecule has 0 aliphatic heterocycles. The van der Waals surface area contributed by atoms with E-state index in [0.717, 1.165) is 36.8 Å². The van der Waals surface area contributed by atoms with E-state index >= 15 is 0 Å². The molecule has 3 rings (SSSR count). The van der Waals surface area contributed by atoms with Gasteiger partial charge in [-0.15, -0.1) is 0 Å². The van der Waals surface area contributed by atoms with E-state index in [4.69, 9.17) is 16.3 Å². The van der Waals surface area contributed by atoms with Gasteiger partial charge in [0.05, 0.1) is 0 Å². The topological polar surface area (TPSA) is 58.6 Å². The van der Waals surface area contributed by atoms with Crippen molar-refractivity contribution < 1.29 is 14.3 Å².